The SMILES string of the molecule is C=CCOC(=O)N[C@@H](C)C(=O)N[C@@H](Cc1c(C2Nc3ccccc3C2C[C@H](NC(=O)[C@H](C)NC(=O)OCC=C)C(=O)OC)[nH]c2ccccc12)C(=O)OC. The minimum absolute atomic E-state index is 0.0189. The van der Waals surface area contributed by atoms with Crippen molar-refractivity contribution < 1.29 is 47.7 Å². The van der Waals surface area contributed by atoms with Crippen LogP contribution in [0.5, 0.6) is 0 Å². The summed E-state index contributed by atoms with van der Waals surface area (Å²) < 4.78 is 20.0. The summed E-state index contributed by atoms with van der Waals surface area (Å²) >= 11 is 0. The summed E-state index contributed by atoms with van der Waals surface area (Å²) in [6.07, 6.45) is 1.16. The van der Waals surface area contributed by atoms with E-state index >= 15 is 0 Å². The van der Waals surface area contributed by atoms with Crippen molar-refractivity contribution in [2.45, 2.75) is 62.8 Å². The number of amides is 4. The molecule has 2 heterocycles. The Morgan fingerprint density at radius 2 is 1.30 bits per heavy atom. The fourth-order valence-corrected chi connectivity index (χ4v) is 6.22. The van der Waals surface area contributed by atoms with Gasteiger partial charge in [0.25, 0.3) is 0 Å². The Bertz CT molecular complexity index is 1880. The number of carbonyl (C=O) groups excluding carboxylic acids is 6. The number of ether oxygens (including phenoxy) is 4. The van der Waals surface area contributed by atoms with E-state index in [9.17, 15) is 28.8 Å². The number of benzene rings is 2. The van der Waals surface area contributed by atoms with Gasteiger partial charge in [0.05, 0.1) is 20.3 Å². The third-order valence-corrected chi connectivity index (χ3v) is 8.85. The second-order valence-electron chi connectivity index (χ2n) is 12.5. The van der Waals surface area contributed by atoms with E-state index in [1.165, 1.54) is 40.2 Å². The van der Waals surface area contributed by atoms with Gasteiger partial charge >= 0.3 is 24.1 Å². The fourth-order valence-electron chi connectivity index (χ4n) is 6.22. The Morgan fingerprint density at radius 3 is 1.89 bits per heavy atom. The highest BCUT2D eigenvalue weighted by molar-refractivity contribution is 5.92. The summed E-state index contributed by atoms with van der Waals surface area (Å²) in [7, 11) is 2.42. The van der Waals surface area contributed by atoms with Crippen molar-refractivity contribution in [2.75, 3.05) is 32.8 Å². The van der Waals surface area contributed by atoms with Crippen molar-refractivity contribution in [3.63, 3.8) is 0 Å². The quantitative estimate of drug-likeness (QED) is 0.0670. The third kappa shape index (κ3) is 9.96. The van der Waals surface area contributed by atoms with Gasteiger partial charge in [0.15, 0.2) is 0 Å². The Kier molecular flexibility index (Phi) is 14.2. The van der Waals surface area contributed by atoms with Crippen molar-refractivity contribution in [1.82, 2.24) is 26.3 Å². The molecule has 1 aliphatic rings. The molecule has 16 heteroatoms. The van der Waals surface area contributed by atoms with Gasteiger partial charge < -0.3 is 50.5 Å². The molecule has 4 amide bonds. The summed E-state index contributed by atoms with van der Waals surface area (Å²) in [5, 5.41) is 14.6. The van der Waals surface area contributed by atoms with Crippen LogP contribution < -0.4 is 26.6 Å². The molecule has 1 aliphatic heterocycles. The van der Waals surface area contributed by atoms with E-state index < -0.39 is 72.1 Å². The largest absolute Gasteiger partial charge is 0.467 e. The van der Waals surface area contributed by atoms with E-state index in [1.54, 1.807) is 0 Å². The highest BCUT2D eigenvalue weighted by atomic mass is 16.6. The van der Waals surface area contributed by atoms with E-state index in [4.69, 9.17) is 18.9 Å². The predicted molar refractivity (Wildman–Crippen MR) is 198 cm³/mol. The predicted octanol–water partition coefficient (Wildman–Crippen LogP) is 3.27. The zero-order valence-electron chi connectivity index (χ0n) is 30.6. The molecule has 2 unspecified atom stereocenters. The van der Waals surface area contributed by atoms with Crippen LogP contribution in [0.4, 0.5) is 15.3 Å². The van der Waals surface area contributed by atoms with Crippen molar-refractivity contribution in [1.29, 1.82) is 0 Å². The van der Waals surface area contributed by atoms with Gasteiger partial charge in [0.1, 0.15) is 37.4 Å². The molecule has 3 aromatic rings. The zero-order chi connectivity index (χ0) is 39.4. The van der Waals surface area contributed by atoms with Crippen LogP contribution in [0.3, 0.4) is 0 Å². The van der Waals surface area contributed by atoms with Gasteiger partial charge in [-0.3, -0.25) is 9.59 Å². The molecule has 4 rings (SSSR count). The molecule has 6 N–H and O–H groups in total. The van der Waals surface area contributed by atoms with Crippen molar-refractivity contribution in [2.24, 2.45) is 0 Å². The second-order valence-corrected chi connectivity index (χ2v) is 12.5. The average Bonchev–Trinajstić information content (AvgIpc) is 3.72. The highest BCUT2D eigenvalue weighted by Crippen LogP contribution is 2.48. The number of nitrogens with one attached hydrogen (secondary N) is 6. The normalized spacial score (nSPS) is 16.5. The number of hydrogen-bond acceptors (Lipinski definition) is 11. The maximum atomic E-state index is 13.2. The first-order valence-corrected chi connectivity index (χ1v) is 17.2. The number of fused-ring (bicyclic) bond motifs is 2. The van der Waals surface area contributed by atoms with E-state index in [1.807, 2.05) is 48.5 Å². The summed E-state index contributed by atoms with van der Waals surface area (Å²) in [6, 6.07) is 10.0. The van der Waals surface area contributed by atoms with Crippen LogP contribution in [0.2, 0.25) is 0 Å². The molecule has 2 aromatic carbocycles. The lowest BCUT2D eigenvalue weighted by molar-refractivity contribution is -0.145. The topological polar surface area (TPSA) is 215 Å². The lowest BCUT2D eigenvalue weighted by atomic mass is 9.85. The number of esters is 2. The summed E-state index contributed by atoms with van der Waals surface area (Å²) in [5.74, 6) is -3.16. The molecule has 288 valence electrons. The van der Waals surface area contributed by atoms with Gasteiger partial charge in [-0.15, -0.1) is 0 Å². The van der Waals surface area contributed by atoms with Crippen LogP contribution in [0.15, 0.2) is 73.8 Å². The van der Waals surface area contributed by atoms with Gasteiger partial charge in [-0.25, -0.2) is 19.2 Å². The number of hydrogen-bond donors (Lipinski definition) is 6. The monoisotopic (exact) mass is 746 g/mol. The van der Waals surface area contributed by atoms with E-state index in [-0.39, 0.29) is 26.1 Å². The maximum absolute atomic E-state index is 13.2. The van der Waals surface area contributed by atoms with Crippen LogP contribution in [0, 0.1) is 0 Å². The number of carbonyl (C=O) groups is 6. The zero-order valence-corrected chi connectivity index (χ0v) is 30.6. The van der Waals surface area contributed by atoms with Crippen LogP contribution in [-0.4, -0.2) is 92.5 Å². The number of aromatic nitrogens is 1. The Balaban J connectivity index is 1.68. The molecule has 0 spiro atoms. The smallest absolute Gasteiger partial charge is 0.408 e. The Labute approximate surface area is 312 Å². The number of para-hydroxylation sites is 2. The van der Waals surface area contributed by atoms with Gasteiger partial charge in [-0.1, -0.05) is 61.7 Å². The van der Waals surface area contributed by atoms with E-state index in [0.717, 1.165) is 22.2 Å². The maximum Gasteiger partial charge on any atom is 0.408 e. The van der Waals surface area contributed by atoms with Gasteiger partial charge in [0.2, 0.25) is 11.8 Å². The molecular formula is C38H46N6O10. The number of H-pyrrole nitrogens is 1. The molecule has 0 radical (unpaired) electrons. The van der Waals surface area contributed by atoms with Crippen LogP contribution in [0.25, 0.3) is 10.9 Å². The van der Waals surface area contributed by atoms with Crippen LogP contribution in [-0.2, 0) is 44.5 Å². The standard InChI is InChI=1S/C38H46N6O10/c1-7-17-53-37(49)39-21(3)33(45)43-29(35(47)51-5)19-25-23-13-9-11-15-27(23)41-31(25)32-26(24-14-10-12-16-28(24)42-32)20-30(36(48)52-6)44-34(46)22(4)40-38(50)54-18-8-2/h7-16,21-22,25,29-31,41-42H,1-2,17-20H2,3-6H3,(H,39,49)(H,40,50)(H,43,45)(H,44,46)/t21-,22-,25?,29-,30-,31?/m0/s1. The lowest BCUT2D eigenvalue weighted by Crippen LogP contribution is -2.51. The first kappa shape index (κ1) is 40.5. The van der Waals surface area contributed by atoms with E-state index in [0.29, 0.717) is 11.3 Å². The van der Waals surface area contributed by atoms with Gasteiger partial charge in [-0.05, 0) is 43.5 Å². The first-order valence-electron chi connectivity index (χ1n) is 17.2. The minimum atomic E-state index is -1.18. The second kappa shape index (κ2) is 19.0. The van der Waals surface area contributed by atoms with E-state index in [2.05, 4.69) is 44.7 Å². The van der Waals surface area contributed by atoms with Gasteiger partial charge in [0, 0.05) is 34.6 Å². The summed E-state index contributed by atoms with van der Waals surface area (Å²) in [6.45, 7) is 9.77. The molecule has 0 fully saturated rings. The molecular weight excluding hydrogens is 700 g/mol. The molecule has 0 saturated heterocycles. The number of rotatable bonds is 17. The molecule has 6 atom stereocenters. The first-order chi connectivity index (χ1) is 25.9. The van der Waals surface area contributed by atoms with Crippen LogP contribution >= 0.6 is 0 Å². The van der Waals surface area contributed by atoms with Gasteiger partial charge in [-0.2, -0.15) is 0 Å². The fraction of sp³-hybridized carbons (Fsp3) is 0.368. The summed E-state index contributed by atoms with van der Waals surface area (Å²) in [5.41, 5.74) is 3.73. The number of aromatic amines is 1. The van der Waals surface area contributed by atoms with Crippen molar-refractivity contribution in [3.8, 4) is 0 Å². The van der Waals surface area contributed by atoms with Crippen LogP contribution in [0.1, 0.15) is 49.0 Å². The average molecular weight is 747 g/mol. The Hall–Kier alpha value is -6.32. The number of alkyl carbamates (subject to hydrolysis) is 2. The molecule has 0 saturated carbocycles. The molecule has 16 nitrogen and oxygen atoms in total. The van der Waals surface area contributed by atoms with Crippen molar-refractivity contribution in [3.05, 3.63) is 90.7 Å². The molecule has 54 heavy (non-hydrogen) atoms. The van der Waals surface area contributed by atoms with Crippen molar-refractivity contribution >= 4 is 52.5 Å². The highest BCUT2D eigenvalue weighted by Gasteiger charge is 2.40. The molecule has 1 aromatic heterocycles. The number of methoxy groups -OCH3 is 2. The molecule has 0 aliphatic carbocycles. The Morgan fingerprint density at radius 1 is 0.759 bits per heavy atom. The summed E-state index contributed by atoms with van der Waals surface area (Å²) in [4.78, 5) is 80.5. The molecule has 0 bridgehead atoms. The lowest BCUT2D eigenvalue weighted by Gasteiger charge is -2.27. The third-order valence-electron chi connectivity index (χ3n) is 8.85. The minimum Gasteiger partial charge on any atom is -0.467 e. The number of anilines is 1.